The minimum absolute atomic E-state index is 0.0564. The summed E-state index contributed by atoms with van der Waals surface area (Å²) in [5.74, 6) is 0.955. The van der Waals surface area contributed by atoms with Gasteiger partial charge in [0.25, 0.3) is 0 Å². The van der Waals surface area contributed by atoms with Gasteiger partial charge in [-0.15, -0.1) is 10.2 Å². The van der Waals surface area contributed by atoms with Crippen molar-refractivity contribution in [3.05, 3.63) is 42.0 Å². The Morgan fingerprint density at radius 2 is 2.12 bits per heavy atom. The van der Waals surface area contributed by atoms with Crippen molar-refractivity contribution in [2.45, 2.75) is 13.3 Å². The number of ketones is 1. The summed E-state index contributed by atoms with van der Waals surface area (Å²) in [4.78, 5) is 18.8. The van der Waals surface area contributed by atoms with Crippen LogP contribution in [0.15, 0.2) is 34.9 Å². The number of rotatable bonds is 5. The molecule has 1 saturated heterocycles. The maximum Gasteiger partial charge on any atom is 0.247 e. The van der Waals surface area contributed by atoms with Crippen LogP contribution >= 0.6 is 0 Å². The third-order valence-corrected chi connectivity index (χ3v) is 4.33. The molecule has 1 fully saturated rings. The number of aromatic nitrogens is 3. The Labute approximate surface area is 152 Å². The number of ether oxygens (including phenoxy) is 1. The van der Waals surface area contributed by atoms with Gasteiger partial charge in [0.15, 0.2) is 5.78 Å². The van der Waals surface area contributed by atoms with Gasteiger partial charge in [0, 0.05) is 42.9 Å². The molecule has 4 rings (SSSR count). The van der Waals surface area contributed by atoms with E-state index in [-0.39, 0.29) is 18.2 Å². The van der Waals surface area contributed by atoms with Crippen LogP contribution in [0.4, 0.5) is 0 Å². The Bertz CT molecular complexity index is 982. The number of carbonyl (C=O) groups excluding carboxylic acids is 1. The summed E-state index contributed by atoms with van der Waals surface area (Å²) in [6.07, 6.45) is 1.85. The molecule has 1 aliphatic heterocycles. The number of carbonyl (C=O) groups is 1. The SMILES string of the molecule is [2H]c1c(CC(=O)CN2CCOCC2)ncc2ccc(-c3nnc(C)o3)cc12. The van der Waals surface area contributed by atoms with Crippen LogP contribution in [0.5, 0.6) is 0 Å². The molecule has 0 unspecified atom stereocenters. The summed E-state index contributed by atoms with van der Waals surface area (Å²) >= 11 is 0. The summed E-state index contributed by atoms with van der Waals surface area (Å²) in [7, 11) is 0. The number of fused-ring (bicyclic) bond motifs is 1. The second kappa shape index (κ2) is 7.31. The lowest BCUT2D eigenvalue weighted by Crippen LogP contribution is -2.39. The number of hydrogen-bond acceptors (Lipinski definition) is 7. The average molecular weight is 353 g/mol. The Morgan fingerprint density at radius 1 is 1.27 bits per heavy atom. The fourth-order valence-electron chi connectivity index (χ4n) is 3.00. The quantitative estimate of drug-likeness (QED) is 0.694. The summed E-state index contributed by atoms with van der Waals surface area (Å²) in [5.41, 5.74) is 1.23. The minimum atomic E-state index is 0.0564. The van der Waals surface area contributed by atoms with Crippen LogP contribution in [0.1, 0.15) is 13.0 Å². The zero-order chi connectivity index (χ0) is 18.8. The highest BCUT2D eigenvalue weighted by molar-refractivity contribution is 5.87. The molecule has 0 spiro atoms. The highest BCUT2D eigenvalue weighted by Gasteiger charge is 2.15. The number of benzene rings is 1. The fraction of sp³-hybridized carbons (Fsp3) is 0.368. The number of hydrogen-bond donors (Lipinski definition) is 0. The Kier molecular flexibility index (Phi) is 4.39. The Hall–Kier alpha value is -2.64. The molecule has 0 aliphatic carbocycles. The molecule has 0 saturated carbocycles. The molecule has 26 heavy (non-hydrogen) atoms. The topological polar surface area (TPSA) is 81.4 Å². The smallest absolute Gasteiger partial charge is 0.247 e. The maximum absolute atomic E-state index is 12.4. The van der Waals surface area contributed by atoms with Crippen molar-refractivity contribution in [1.82, 2.24) is 20.1 Å². The van der Waals surface area contributed by atoms with Gasteiger partial charge in [-0.2, -0.15) is 0 Å². The summed E-state index contributed by atoms with van der Waals surface area (Å²) in [5, 5.41) is 9.42. The fourth-order valence-corrected chi connectivity index (χ4v) is 3.00. The van der Waals surface area contributed by atoms with Crippen molar-refractivity contribution in [1.29, 1.82) is 0 Å². The van der Waals surface area contributed by atoms with Crippen LogP contribution in [-0.4, -0.2) is 58.7 Å². The molecule has 7 nitrogen and oxygen atoms in total. The van der Waals surface area contributed by atoms with Crippen LogP contribution in [0, 0.1) is 6.92 Å². The van der Waals surface area contributed by atoms with E-state index in [0.29, 0.717) is 42.6 Å². The predicted octanol–water partition coefficient (Wildman–Crippen LogP) is 2.04. The number of morpholine rings is 1. The third kappa shape index (κ3) is 3.79. The number of Topliss-reactive ketones (excluding diaryl/α,β-unsaturated/α-hetero) is 1. The van der Waals surface area contributed by atoms with Crippen molar-refractivity contribution in [2.75, 3.05) is 32.8 Å². The molecular formula is C19H20N4O3. The van der Waals surface area contributed by atoms with Crippen LogP contribution in [0.3, 0.4) is 0 Å². The van der Waals surface area contributed by atoms with Crippen LogP contribution in [0.2, 0.25) is 0 Å². The second-order valence-corrected chi connectivity index (χ2v) is 6.36. The molecule has 1 aromatic carbocycles. The van der Waals surface area contributed by atoms with E-state index in [4.69, 9.17) is 10.5 Å². The van der Waals surface area contributed by atoms with Gasteiger partial charge in [0.1, 0.15) is 0 Å². The zero-order valence-electron chi connectivity index (χ0n) is 15.6. The molecule has 0 amide bonds. The van der Waals surface area contributed by atoms with Crippen molar-refractivity contribution < 1.29 is 15.3 Å². The lowest BCUT2D eigenvalue weighted by atomic mass is 10.1. The number of aryl methyl sites for hydroxylation is 1. The molecule has 0 N–H and O–H groups in total. The summed E-state index contributed by atoms with van der Waals surface area (Å²) < 4.78 is 19.3. The van der Waals surface area contributed by atoms with Gasteiger partial charge in [-0.05, 0) is 23.6 Å². The summed E-state index contributed by atoms with van der Waals surface area (Å²) in [6.45, 7) is 4.93. The monoisotopic (exact) mass is 353 g/mol. The van der Waals surface area contributed by atoms with Crippen molar-refractivity contribution in [3.8, 4) is 11.5 Å². The highest BCUT2D eigenvalue weighted by Crippen LogP contribution is 2.23. The van der Waals surface area contributed by atoms with Gasteiger partial charge in [0.2, 0.25) is 11.8 Å². The van der Waals surface area contributed by atoms with E-state index in [1.54, 1.807) is 13.1 Å². The zero-order valence-corrected chi connectivity index (χ0v) is 14.6. The largest absolute Gasteiger partial charge is 0.421 e. The van der Waals surface area contributed by atoms with Gasteiger partial charge in [-0.1, -0.05) is 6.07 Å². The van der Waals surface area contributed by atoms with Gasteiger partial charge in [-0.3, -0.25) is 14.7 Å². The van der Waals surface area contributed by atoms with E-state index in [1.165, 1.54) is 0 Å². The van der Waals surface area contributed by atoms with Crippen molar-refractivity contribution in [2.24, 2.45) is 0 Å². The molecule has 3 aromatic rings. The molecule has 0 bridgehead atoms. The molecule has 0 atom stereocenters. The lowest BCUT2D eigenvalue weighted by Gasteiger charge is -2.25. The third-order valence-electron chi connectivity index (χ3n) is 4.33. The van der Waals surface area contributed by atoms with E-state index in [1.807, 2.05) is 18.2 Å². The highest BCUT2D eigenvalue weighted by atomic mass is 16.5. The van der Waals surface area contributed by atoms with Crippen molar-refractivity contribution >= 4 is 16.6 Å². The maximum atomic E-state index is 12.4. The van der Waals surface area contributed by atoms with E-state index in [2.05, 4.69) is 20.1 Å². The minimum Gasteiger partial charge on any atom is -0.421 e. The van der Waals surface area contributed by atoms with E-state index in [9.17, 15) is 4.79 Å². The molecule has 7 heteroatoms. The molecule has 0 radical (unpaired) electrons. The second-order valence-electron chi connectivity index (χ2n) is 6.36. The predicted molar refractivity (Wildman–Crippen MR) is 95.7 cm³/mol. The normalized spacial score (nSPS) is 16.0. The van der Waals surface area contributed by atoms with Crippen molar-refractivity contribution in [3.63, 3.8) is 0 Å². The number of nitrogens with zero attached hydrogens (tertiary/aromatic N) is 4. The Balaban J connectivity index is 1.57. The Morgan fingerprint density at radius 3 is 2.88 bits per heavy atom. The van der Waals surface area contributed by atoms with E-state index >= 15 is 0 Å². The van der Waals surface area contributed by atoms with E-state index in [0.717, 1.165) is 24.0 Å². The molecule has 2 aromatic heterocycles. The first kappa shape index (κ1) is 15.6. The van der Waals surface area contributed by atoms with Crippen LogP contribution in [-0.2, 0) is 16.0 Å². The van der Waals surface area contributed by atoms with Gasteiger partial charge in [-0.25, -0.2) is 0 Å². The lowest BCUT2D eigenvalue weighted by molar-refractivity contribution is -0.120. The van der Waals surface area contributed by atoms with Gasteiger partial charge in [0.05, 0.1) is 27.6 Å². The molecule has 1 aliphatic rings. The first-order valence-electron chi connectivity index (χ1n) is 9.10. The average Bonchev–Trinajstić information content (AvgIpc) is 3.11. The van der Waals surface area contributed by atoms with Gasteiger partial charge < -0.3 is 9.15 Å². The first-order valence-corrected chi connectivity index (χ1v) is 8.60. The molecule has 134 valence electrons. The molecular weight excluding hydrogens is 332 g/mol. The molecule has 3 heterocycles. The van der Waals surface area contributed by atoms with Crippen LogP contribution < -0.4 is 0 Å². The first-order chi connectivity index (χ1) is 13.1. The summed E-state index contributed by atoms with van der Waals surface area (Å²) in [6, 6.07) is 5.83. The van der Waals surface area contributed by atoms with Gasteiger partial charge >= 0.3 is 0 Å². The number of pyridine rings is 1. The van der Waals surface area contributed by atoms with Crippen LogP contribution in [0.25, 0.3) is 22.2 Å². The standard InChI is InChI=1S/C19H20N4O3/c1-13-21-22-19(26-13)14-2-3-15-11-20-17(9-16(15)8-14)10-18(24)12-23-4-6-25-7-5-23/h2-3,8-9,11H,4-7,10,12H2,1H3/i9D. The van der Waals surface area contributed by atoms with E-state index < -0.39 is 0 Å².